The van der Waals surface area contributed by atoms with E-state index in [2.05, 4.69) is 21.2 Å². The van der Waals surface area contributed by atoms with Gasteiger partial charge in [-0.2, -0.15) is 4.31 Å². The van der Waals surface area contributed by atoms with Crippen molar-refractivity contribution >= 4 is 49.2 Å². The number of nitrogens with one attached hydrogen (secondary N) is 1. The summed E-state index contributed by atoms with van der Waals surface area (Å²) < 4.78 is 32.6. The van der Waals surface area contributed by atoms with Crippen LogP contribution in [0.4, 0.5) is 0 Å². The van der Waals surface area contributed by atoms with Gasteiger partial charge in [-0.05, 0) is 12.1 Å². The minimum absolute atomic E-state index is 0.0831. The first-order valence-electron chi connectivity index (χ1n) is 6.25. The minimum Gasteiger partial charge on any atom is -0.374 e. The van der Waals surface area contributed by atoms with Crippen LogP contribution in [0.3, 0.4) is 0 Å². The lowest BCUT2D eigenvalue weighted by Gasteiger charge is -2.28. The number of hydrogen-bond donors (Lipinski definition) is 1. The van der Waals surface area contributed by atoms with Crippen LogP contribution in [0.25, 0.3) is 0 Å². The van der Waals surface area contributed by atoms with Gasteiger partial charge in [-0.1, -0.05) is 39.1 Å². The molecule has 1 heterocycles. The third kappa shape index (κ3) is 4.10. The van der Waals surface area contributed by atoms with E-state index in [4.69, 9.17) is 27.9 Å². The quantitative estimate of drug-likeness (QED) is 0.816. The molecule has 118 valence electrons. The van der Waals surface area contributed by atoms with Gasteiger partial charge in [0.15, 0.2) is 0 Å². The van der Waals surface area contributed by atoms with Crippen LogP contribution in [0.2, 0.25) is 10.0 Å². The predicted molar refractivity (Wildman–Crippen MR) is 86.6 cm³/mol. The van der Waals surface area contributed by atoms with Gasteiger partial charge < -0.3 is 10.1 Å². The average molecular weight is 418 g/mol. The summed E-state index contributed by atoms with van der Waals surface area (Å²) in [5, 5.41) is 3.33. The number of nitrogens with zero attached hydrogens (tertiary/aromatic N) is 1. The Labute approximate surface area is 142 Å². The van der Waals surface area contributed by atoms with Gasteiger partial charge in [0.25, 0.3) is 0 Å². The number of ether oxygens (including phenoxy) is 1. The van der Waals surface area contributed by atoms with E-state index in [0.717, 1.165) is 6.54 Å². The molecule has 1 unspecified atom stereocenters. The molecular formula is C12H15BrCl2N2O3S. The van der Waals surface area contributed by atoms with E-state index in [-0.39, 0.29) is 27.6 Å². The van der Waals surface area contributed by atoms with E-state index >= 15 is 0 Å². The maximum atomic E-state index is 12.6. The van der Waals surface area contributed by atoms with Gasteiger partial charge in [0, 0.05) is 31.2 Å². The van der Waals surface area contributed by atoms with Crippen LogP contribution in [0, 0.1) is 0 Å². The van der Waals surface area contributed by atoms with Crippen LogP contribution in [0.15, 0.2) is 21.5 Å². The van der Waals surface area contributed by atoms with E-state index in [1.807, 2.05) is 0 Å². The van der Waals surface area contributed by atoms with Crippen LogP contribution >= 0.6 is 39.1 Å². The Morgan fingerprint density at radius 1 is 1.43 bits per heavy atom. The van der Waals surface area contributed by atoms with Crippen molar-refractivity contribution in [3.63, 3.8) is 0 Å². The highest BCUT2D eigenvalue weighted by atomic mass is 79.9. The lowest BCUT2D eigenvalue weighted by molar-refractivity contribution is 0.0206. The summed E-state index contributed by atoms with van der Waals surface area (Å²) in [5.74, 6) is 0. The van der Waals surface area contributed by atoms with Gasteiger partial charge in [-0.15, -0.1) is 0 Å². The van der Waals surface area contributed by atoms with Crippen molar-refractivity contribution in [3.05, 3.63) is 26.7 Å². The Hall–Kier alpha value is 0.110. The molecule has 1 aliphatic rings. The summed E-state index contributed by atoms with van der Waals surface area (Å²) in [5.41, 5.74) is 0. The van der Waals surface area contributed by atoms with E-state index in [1.54, 1.807) is 0 Å². The molecule has 9 heteroatoms. The summed E-state index contributed by atoms with van der Waals surface area (Å²) in [6.07, 6.45) is -0.188. The number of rotatable bonds is 4. The average Bonchev–Trinajstić information content (AvgIpc) is 2.38. The van der Waals surface area contributed by atoms with Crippen LogP contribution in [0.1, 0.15) is 0 Å². The Kier molecular flexibility index (Phi) is 5.92. The number of benzene rings is 1. The second-order valence-electron chi connectivity index (χ2n) is 4.68. The molecule has 1 fully saturated rings. The molecule has 0 aromatic heterocycles. The predicted octanol–water partition coefficient (Wildman–Crippen LogP) is 2.36. The fourth-order valence-corrected chi connectivity index (χ4v) is 5.13. The Morgan fingerprint density at radius 3 is 2.57 bits per heavy atom. The van der Waals surface area contributed by atoms with Gasteiger partial charge in [-0.3, -0.25) is 0 Å². The van der Waals surface area contributed by atoms with E-state index in [1.165, 1.54) is 23.5 Å². The third-order valence-electron chi connectivity index (χ3n) is 3.10. The van der Waals surface area contributed by atoms with Gasteiger partial charge >= 0.3 is 0 Å². The zero-order valence-electron chi connectivity index (χ0n) is 11.3. The number of halogens is 3. The molecule has 0 bridgehead atoms. The molecule has 0 saturated carbocycles. The van der Waals surface area contributed by atoms with Crippen molar-refractivity contribution in [1.82, 2.24) is 9.62 Å². The van der Waals surface area contributed by atoms with Gasteiger partial charge in [0.1, 0.15) is 4.90 Å². The molecular weight excluding hydrogens is 403 g/mol. The first-order valence-corrected chi connectivity index (χ1v) is 9.24. The van der Waals surface area contributed by atoms with Gasteiger partial charge in [0.05, 0.1) is 22.8 Å². The maximum absolute atomic E-state index is 12.6. The topological polar surface area (TPSA) is 58.6 Å². The van der Waals surface area contributed by atoms with Crippen molar-refractivity contribution in [1.29, 1.82) is 0 Å². The molecule has 5 nitrogen and oxygen atoms in total. The molecule has 1 N–H and O–H groups in total. The second kappa shape index (κ2) is 7.12. The fourth-order valence-electron chi connectivity index (χ4n) is 2.05. The molecule has 1 aromatic rings. The fraction of sp³-hybridized carbons (Fsp3) is 0.500. The van der Waals surface area contributed by atoms with Gasteiger partial charge in [0.2, 0.25) is 10.0 Å². The SMILES string of the molecule is CN(CC1CNCCO1)S(=O)(=O)c1c(Cl)cc(Br)cc1Cl. The Morgan fingerprint density at radius 2 is 2.05 bits per heavy atom. The molecule has 1 saturated heterocycles. The Bertz CT molecular complexity index is 598. The molecule has 21 heavy (non-hydrogen) atoms. The molecule has 1 aliphatic heterocycles. The number of sulfonamides is 1. The third-order valence-corrected chi connectivity index (χ3v) is 6.30. The Balaban J connectivity index is 2.24. The smallest absolute Gasteiger partial charge is 0.245 e. The second-order valence-corrected chi connectivity index (χ2v) is 8.39. The lowest BCUT2D eigenvalue weighted by Crippen LogP contribution is -2.45. The number of hydrogen-bond acceptors (Lipinski definition) is 4. The molecule has 0 radical (unpaired) electrons. The number of likely N-dealkylation sites (N-methyl/N-ethyl adjacent to an activating group) is 1. The minimum atomic E-state index is -3.78. The largest absolute Gasteiger partial charge is 0.374 e. The van der Waals surface area contributed by atoms with Crippen molar-refractivity contribution in [2.75, 3.05) is 33.3 Å². The highest BCUT2D eigenvalue weighted by Crippen LogP contribution is 2.34. The standard InChI is InChI=1S/C12H15BrCl2N2O3S/c1-17(7-9-6-16-2-3-20-9)21(18,19)12-10(14)4-8(13)5-11(12)15/h4-5,9,16H,2-3,6-7H2,1H3. The summed E-state index contributed by atoms with van der Waals surface area (Å²) in [6, 6.07) is 3.01. The summed E-state index contributed by atoms with van der Waals surface area (Å²) in [6.45, 7) is 2.19. The van der Waals surface area contributed by atoms with E-state index in [9.17, 15) is 8.42 Å². The van der Waals surface area contributed by atoms with E-state index in [0.29, 0.717) is 17.6 Å². The lowest BCUT2D eigenvalue weighted by atomic mass is 10.3. The van der Waals surface area contributed by atoms with Crippen LogP contribution in [0.5, 0.6) is 0 Å². The molecule has 1 atom stereocenters. The first kappa shape index (κ1) is 17.5. The summed E-state index contributed by atoms with van der Waals surface area (Å²) in [7, 11) is -2.29. The molecule has 2 rings (SSSR count). The van der Waals surface area contributed by atoms with Crippen molar-refractivity contribution in [2.45, 2.75) is 11.0 Å². The van der Waals surface area contributed by atoms with Crippen molar-refractivity contribution in [2.24, 2.45) is 0 Å². The summed E-state index contributed by atoms with van der Waals surface area (Å²) >= 11 is 15.3. The van der Waals surface area contributed by atoms with E-state index < -0.39 is 10.0 Å². The number of morpholine rings is 1. The summed E-state index contributed by atoms with van der Waals surface area (Å²) in [4.78, 5) is -0.0831. The maximum Gasteiger partial charge on any atom is 0.245 e. The normalized spacial score (nSPS) is 20.0. The monoisotopic (exact) mass is 416 g/mol. The van der Waals surface area contributed by atoms with Crippen LogP contribution in [-0.2, 0) is 14.8 Å². The van der Waals surface area contributed by atoms with Gasteiger partial charge in [-0.25, -0.2) is 8.42 Å². The highest BCUT2D eigenvalue weighted by Gasteiger charge is 2.29. The molecule has 0 aliphatic carbocycles. The zero-order chi connectivity index (χ0) is 15.6. The van der Waals surface area contributed by atoms with Crippen LogP contribution < -0.4 is 5.32 Å². The molecule has 0 amide bonds. The highest BCUT2D eigenvalue weighted by molar-refractivity contribution is 9.10. The molecule has 0 spiro atoms. The van der Waals surface area contributed by atoms with Crippen LogP contribution in [-0.4, -0.2) is 52.1 Å². The zero-order valence-corrected chi connectivity index (χ0v) is 15.2. The first-order chi connectivity index (χ1) is 9.82. The molecule has 1 aromatic carbocycles. The van der Waals surface area contributed by atoms with Crippen molar-refractivity contribution in [3.8, 4) is 0 Å². The van der Waals surface area contributed by atoms with Crippen molar-refractivity contribution < 1.29 is 13.2 Å².